The molecule has 0 radical (unpaired) electrons. The van der Waals surface area contributed by atoms with Gasteiger partial charge in [-0.2, -0.15) is 0 Å². The third-order valence-electron chi connectivity index (χ3n) is 4.82. The van der Waals surface area contributed by atoms with Crippen molar-refractivity contribution in [2.24, 2.45) is 10.7 Å². The quantitative estimate of drug-likeness (QED) is 0.365. The van der Waals surface area contributed by atoms with Crippen LogP contribution in [0.5, 0.6) is 5.75 Å². The molecule has 0 heterocycles. The predicted octanol–water partition coefficient (Wildman–Crippen LogP) is 2.82. The van der Waals surface area contributed by atoms with E-state index in [-0.39, 0.29) is 18.9 Å². The Morgan fingerprint density at radius 3 is 2.25 bits per heavy atom. The average Bonchev–Trinajstić information content (AvgIpc) is 2.79. The zero-order valence-corrected chi connectivity index (χ0v) is 18.1. The molecule has 1 aliphatic rings. The topological polar surface area (TPSA) is 127 Å². The molecular weight excluding hydrogens is 406 g/mol. The molecule has 0 saturated heterocycles. The van der Waals surface area contributed by atoms with Crippen LogP contribution in [0.25, 0.3) is 0 Å². The number of hydrogen-bond acceptors (Lipinski definition) is 8. The minimum Gasteiger partial charge on any atom is -0.494 e. The predicted molar refractivity (Wildman–Crippen MR) is 129 cm³/mol. The van der Waals surface area contributed by atoms with Gasteiger partial charge in [0.25, 0.3) is 0 Å². The molecule has 0 atom stereocenters. The van der Waals surface area contributed by atoms with Crippen LogP contribution < -0.4 is 20.7 Å². The van der Waals surface area contributed by atoms with Gasteiger partial charge in [0.2, 0.25) is 0 Å². The van der Waals surface area contributed by atoms with E-state index >= 15 is 0 Å². The summed E-state index contributed by atoms with van der Waals surface area (Å²) in [6, 6.07) is 15.0. The van der Waals surface area contributed by atoms with E-state index in [1.54, 1.807) is 12.2 Å². The van der Waals surface area contributed by atoms with Gasteiger partial charge in [-0.05, 0) is 67.6 Å². The fourth-order valence-electron chi connectivity index (χ4n) is 3.25. The van der Waals surface area contributed by atoms with E-state index < -0.39 is 0 Å². The molecule has 0 aliphatic heterocycles. The summed E-state index contributed by atoms with van der Waals surface area (Å²) in [4.78, 5) is 6.52. The molecule has 3 rings (SSSR count). The van der Waals surface area contributed by atoms with Crippen LogP contribution in [0.1, 0.15) is 6.92 Å². The van der Waals surface area contributed by atoms with Gasteiger partial charge < -0.3 is 30.9 Å². The number of rotatable bonds is 10. The van der Waals surface area contributed by atoms with Crippen molar-refractivity contribution >= 4 is 28.5 Å². The van der Waals surface area contributed by atoms with E-state index in [4.69, 9.17) is 15.9 Å². The van der Waals surface area contributed by atoms with E-state index in [0.717, 1.165) is 17.1 Å². The van der Waals surface area contributed by atoms with Crippen LogP contribution in [-0.2, 0) is 0 Å². The van der Waals surface area contributed by atoms with Gasteiger partial charge in [-0.25, -0.2) is 4.99 Å². The van der Waals surface area contributed by atoms with Gasteiger partial charge in [0.05, 0.1) is 48.3 Å². The van der Waals surface area contributed by atoms with Crippen molar-refractivity contribution in [3.05, 3.63) is 72.1 Å². The summed E-state index contributed by atoms with van der Waals surface area (Å²) in [5, 5.41) is 29.9. The molecule has 0 fully saturated rings. The second kappa shape index (κ2) is 11.1. The maximum Gasteiger partial charge on any atom is 0.119 e. The lowest BCUT2D eigenvalue weighted by atomic mass is 10.0. The van der Waals surface area contributed by atoms with Crippen molar-refractivity contribution in [3.8, 4) is 5.75 Å². The second-order valence-corrected chi connectivity index (χ2v) is 7.10. The highest BCUT2D eigenvalue weighted by atomic mass is 16.5. The fourth-order valence-corrected chi connectivity index (χ4v) is 3.25. The van der Waals surface area contributed by atoms with Gasteiger partial charge in [-0.15, -0.1) is 0 Å². The number of ether oxygens (including phenoxy) is 1. The highest BCUT2D eigenvalue weighted by molar-refractivity contribution is 6.23. The number of nitrogens with zero attached hydrogens (tertiary/aromatic N) is 2. The largest absolute Gasteiger partial charge is 0.494 e. The molecule has 0 bridgehead atoms. The van der Waals surface area contributed by atoms with E-state index in [9.17, 15) is 10.2 Å². The maximum atomic E-state index is 9.21. The van der Waals surface area contributed by atoms with Crippen LogP contribution >= 0.6 is 0 Å². The molecule has 8 heteroatoms. The minimum absolute atomic E-state index is 0.00621. The zero-order chi connectivity index (χ0) is 22.9. The Bertz CT molecular complexity index is 1000. The summed E-state index contributed by atoms with van der Waals surface area (Å²) < 4.78 is 5.46. The molecule has 2 aromatic carbocycles. The number of benzene rings is 2. The highest BCUT2D eigenvalue weighted by Gasteiger charge is 2.15. The van der Waals surface area contributed by atoms with Crippen LogP contribution in [0, 0.1) is 5.41 Å². The van der Waals surface area contributed by atoms with Crippen molar-refractivity contribution in [1.29, 1.82) is 5.41 Å². The summed E-state index contributed by atoms with van der Waals surface area (Å²) in [5.74, 6) is 0.789. The second-order valence-electron chi connectivity index (χ2n) is 7.10. The third-order valence-corrected chi connectivity index (χ3v) is 4.82. The number of nitrogens with one attached hydrogen (secondary N) is 2. The average molecular weight is 436 g/mol. The van der Waals surface area contributed by atoms with Gasteiger partial charge in [0.1, 0.15) is 5.75 Å². The Balaban J connectivity index is 1.78. The molecule has 168 valence electrons. The van der Waals surface area contributed by atoms with Crippen molar-refractivity contribution in [1.82, 2.24) is 0 Å². The number of aliphatic hydroxyl groups is 2. The van der Waals surface area contributed by atoms with Crippen LogP contribution in [0.4, 0.5) is 17.1 Å². The summed E-state index contributed by atoms with van der Waals surface area (Å²) in [6.07, 6.45) is 3.33. The van der Waals surface area contributed by atoms with Crippen LogP contribution in [0.15, 0.2) is 77.1 Å². The first-order valence-corrected chi connectivity index (χ1v) is 10.5. The van der Waals surface area contributed by atoms with Crippen LogP contribution in [0.3, 0.4) is 0 Å². The number of allylic oxidation sites excluding steroid dienone is 2. The van der Waals surface area contributed by atoms with E-state index in [1.807, 2.05) is 60.4 Å². The monoisotopic (exact) mass is 435 g/mol. The van der Waals surface area contributed by atoms with Crippen molar-refractivity contribution in [3.63, 3.8) is 0 Å². The Morgan fingerprint density at radius 2 is 1.66 bits per heavy atom. The fraction of sp³-hybridized carbons (Fsp3) is 0.250. The van der Waals surface area contributed by atoms with E-state index in [0.29, 0.717) is 42.5 Å². The molecule has 0 spiro atoms. The molecule has 0 unspecified atom stereocenters. The Morgan fingerprint density at radius 1 is 1.00 bits per heavy atom. The smallest absolute Gasteiger partial charge is 0.119 e. The molecule has 6 N–H and O–H groups in total. The summed E-state index contributed by atoms with van der Waals surface area (Å²) in [7, 11) is 0. The first kappa shape index (κ1) is 23.1. The van der Waals surface area contributed by atoms with Crippen molar-refractivity contribution in [2.75, 3.05) is 43.1 Å². The zero-order valence-electron chi connectivity index (χ0n) is 18.1. The molecular formula is C24H29N5O3. The lowest BCUT2D eigenvalue weighted by molar-refractivity contribution is 0.281. The van der Waals surface area contributed by atoms with E-state index in [1.165, 1.54) is 0 Å². The Kier molecular flexibility index (Phi) is 8.02. The van der Waals surface area contributed by atoms with Crippen LogP contribution in [-0.4, -0.2) is 54.5 Å². The summed E-state index contributed by atoms with van der Waals surface area (Å²) in [6.45, 7) is 3.43. The van der Waals surface area contributed by atoms with E-state index in [2.05, 4.69) is 10.3 Å². The van der Waals surface area contributed by atoms with Gasteiger partial charge >= 0.3 is 0 Å². The summed E-state index contributed by atoms with van der Waals surface area (Å²) in [5.41, 5.74) is 10.4. The van der Waals surface area contributed by atoms with Gasteiger partial charge in [0, 0.05) is 24.5 Å². The Labute approximate surface area is 187 Å². The molecule has 0 saturated carbocycles. The third kappa shape index (κ3) is 5.96. The molecule has 0 aromatic heterocycles. The van der Waals surface area contributed by atoms with Gasteiger partial charge in [-0.1, -0.05) is 0 Å². The molecule has 2 aromatic rings. The summed E-state index contributed by atoms with van der Waals surface area (Å²) >= 11 is 0. The first-order chi connectivity index (χ1) is 15.5. The molecule has 1 aliphatic carbocycles. The molecule has 0 amide bonds. The Hall–Kier alpha value is -3.62. The standard InChI is InChI=1S/C24H29N5O3/c1-2-32-20-9-5-18(6-10-20)28-24-16-23(21(25)15-22(24)26)27-17-3-7-19(8-4-17)29(11-13-30)12-14-31/h3-10,15-16,26,28,30-31H,2,11-14,25H2,1H3. The lowest BCUT2D eigenvalue weighted by Crippen LogP contribution is -2.29. The number of anilines is 2. The van der Waals surface area contributed by atoms with Gasteiger partial charge in [0.15, 0.2) is 0 Å². The maximum absolute atomic E-state index is 9.21. The number of hydrogen-bond donors (Lipinski definition) is 5. The van der Waals surface area contributed by atoms with Crippen LogP contribution in [0.2, 0.25) is 0 Å². The molecule has 32 heavy (non-hydrogen) atoms. The minimum atomic E-state index is 0.00621. The van der Waals surface area contributed by atoms with Crippen molar-refractivity contribution < 1.29 is 14.9 Å². The SMILES string of the molecule is CCOc1ccc(NC2=CC(=Nc3ccc(N(CCO)CCO)cc3)C(N)=CC2=N)cc1. The normalized spacial score (nSPS) is 14.7. The number of nitrogens with two attached hydrogens (primary N) is 1. The van der Waals surface area contributed by atoms with Gasteiger partial charge in [-0.3, -0.25) is 5.41 Å². The number of aliphatic imine (C=N–C) groups is 1. The lowest BCUT2D eigenvalue weighted by Gasteiger charge is -2.23. The molecule has 8 nitrogen and oxygen atoms in total. The highest BCUT2D eigenvalue weighted by Crippen LogP contribution is 2.23. The first-order valence-electron chi connectivity index (χ1n) is 10.5. The number of aliphatic hydroxyl groups excluding tert-OH is 2. The van der Waals surface area contributed by atoms with Crippen molar-refractivity contribution in [2.45, 2.75) is 6.92 Å².